The number of H-pyrrole nitrogens is 1. The molecule has 0 saturated carbocycles. The van der Waals surface area contributed by atoms with Gasteiger partial charge in [0.25, 0.3) is 11.8 Å². The van der Waals surface area contributed by atoms with Crippen molar-refractivity contribution in [1.82, 2.24) is 15.2 Å². The number of nitrogens with one attached hydrogen (secondary N) is 3. The first kappa shape index (κ1) is 22.2. The second-order valence-electron chi connectivity index (χ2n) is 9.45. The van der Waals surface area contributed by atoms with Gasteiger partial charge in [0.15, 0.2) is 0 Å². The van der Waals surface area contributed by atoms with Crippen LogP contribution in [0.2, 0.25) is 0 Å². The van der Waals surface area contributed by atoms with Gasteiger partial charge >= 0.3 is 0 Å². The summed E-state index contributed by atoms with van der Waals surface area (Å²) in [5.74, 6) is -0.0972. The molecule has 0 aliphatic carbocycles. The van der Waals surface area contributed by atoms with E-state index in [1.807, 2.05) is 73.4 Å². The van der Waals surface area contributed by atoms with Gasteiger partial charge in [-0.3, -0.25) is 9.59 Å². The van der Waals surface area contributed by atoms with Crippen LogP contribution in [0.1, 0.15) is 46.7 Å². The molecular formula is C28H30N4O2. The Kier molecular flexibility index (Phi) is 5.62. The zero-order chi connectivity index (χ0) is 24.0. The molecule has 174 valence electrons. The lowest BCUT2D eigenvalue weighted by Gasteiger charge is -2.36. The molecule has 2 aromatic carbocycles. The molecule has 1 aromatic heterocycles. The number of anilines is 1. The van der Waals surface area contributed by atoms with Gasteiger partial charge in [-0.25, -0.2) is 0 Å². The molecule has 6 heteroatoms. The second kappa shape index (κ2) is 8.61. The standard InChI is InChI=1S/C28H30N4O2/c1-16-14-32(15-17(2)29-16)28(34)25-18(3)24(30-19(25)4)13-22-26-21(20-9-6-5-7-10-20)11-8-12-23(26)31-27(22)33/h5-13,16-17,29-30H,14-15H2,1-4H3,(H,31,33)/t16-,17+. The predicted octanol–water partition coefficient (Wildman–Crippen LogP) is 4.61. The Bertz CT molecular complexity index is 1300. The summed E-state index contributed by atoms with van der Waals surface area (Å²) >= 11 is 0. The molecule has 34 heavy (non-hydrogen) atoms. The van der Waals surface area contributed by atoms with Gasteiger partial charge in [0, 0.05) is 47.8 Å². The molecule has 0 bridgehead atoms. The fourth-order valence-electron chi connectivity index (χ4n) is 5.28. The van der Waals surface area contributed by atoms with E-state index in [-0.39, 0.29) is 23.9 Å². The van der Waals surface area contributed by atoms with E-state index in [0.717, 1.165) is 39.3 Å². The summed E-state index contributed by atoms with van der Waals surface area (Å²) in [6.07, 6.45) is 1.88. The van der Waals surface area contributed by atoms with E-state index in [1.54, 1.807) is 0 Å². The summed E-state index contributed by atoms with van der Waals surface area (Å²) in [7, 11) is 0. The number of hydrogen-bond acceptors (Lipinski definition) is 3. The summed E-state index contributed by atoms with van der Waals surface area (Å²) in [6, 6.07) is 16.5. The number of carbonyl (C=O) groups is 2. The average molecular weight is 455 g/mol. The lowest BCUT2D eigenvalue weighted by molar-refractivity contribution is -0.110. The van der Waals surface area contributed by atoms with E-state index < -0.39 is 0 Å². The van der Waals surface area contributed by atoms with E-state index >= 15 is 0 Å². The van der Waals surface area contributed by atoms with E-state index in [1.165, 1.54) is 0 Å². The number of rotatable bonds is 3. The minimum Gasteiger partial charge on any atom is -0.358 e. The van der Waals surface area contributed by atoms with Crippen LogP contribution in [0.15, 0.2) is 48.5 Å². The minimum atomic E-state index is -0.136. The third-order valence-corrected chi connectivity index (χ3v) is 6.73. The Hall–Kier alpha value is -3.64. The lowest BCUT2D eigenvalue weighted by atomic mass is 9.94. The molecule has 3 N–H and O–H groups in total. The predicted molar refractivity (Wildman–Crippen MR) is 137 cm³/mol. The molecular weight excluding hydrogens is 424 g/mol. The highest BCUT2D eigenvalue weighted by Gasteiger charge is 2.31. The molecule has 2 amide bonds. The summed E-state index contributed by atoms with van der Waals surface area (Å²) in [4.78, 5) is 31.8. The molecule has 3 heterocycles. The van der Waals surface area contributed by atoms with Crippen molar-refractivity contribution in [3.8, 4) is 11.1 Å². The van der Waals surface area contributed by atoms with Crippen LogP contribution < -0.4 is 10.6 Å². The van der Waals surface area contributed by atoms with Crippen LogP contribution in [-0.4, -0.2) is 46.9 Å². The molecule has 2 aliphatic rings. The second-order valence-corrected chi connectivity index (χ2v) is 9.45. The lowest BCUT2D eigenvalue weighted by Crippen LogP contribution is -2.55. The third kappa shape index (κ3) is 3.84. The molecule has 1 fully saturated rings. The molecule has 3 aromatic rings. The van der Waals surface area contributed by atoms with Gasteiger partial charge in [-0.15, -0.1) is 0 Å². The summed E-state index contributed by atoms with van der Waals surface area (Å²) < 4.78 is 0. The highest BCUT2D eigenvalue weighted by atomic mass is 16.2. The largest absolute Gasteiger partial charge is 0.358 e. The quantitative estimate of drug-likeness (QED) is 0.506. The van der Waals surface area contributed by atoms with Crippen molar-refractivity contribution in [3.05, 3.63) is 76.6 Å². The van der Waals surface area contributed by atoms with Crippen LogP contribution >= 0.6 is 0 Å². The van der Waals surface area contributed by atoms with E-state index in [2.05, 4.69) is 29.5 Å². The molecule has 0 spiro atoms. The number of carbonyl (C=O) groups excluding carboxylic acids is 2. The van der Waals surface area contributed by atoms with Crippen LogP contribution in [0, 0.1) is 13.8 Å². The van der Waals surface area contributed by atoms with E-state index in [0.29, 0.717) is 24.2 Å². The highest BCUT2D eigenvalue weighted by molar-refractivity contribution is 6.36. The van der Waals surface area contributed by atoms with Gasteiger partial charge in [0.2, 0.25) is 0 Å². The summed E-state index contributed by atoms with van der Waals surface area (Å²) in [5.41, 5.74) is 7.53. The van der Waals surface area contributed by atoms with Gasteiger partial charge in [-0.05, 0) is 56.5 Å². The Labute approximate surface area is 200 Å². The van der Waals surface area contributed by atoms with Crippen molar-refractivity contribution in [2.24, 2.45) is 0 Å². The van der Waals surface area contributed by atoms with Crippen molar-refractivity contribution < 1.29 is 9.59 Å². The molecule has 5 rings (SSSR count). The van der Waals surface area contributed by atoms with Crippen LogP contribution in [0.4, 0.5) is 5.69 Å². The summed E-state index contributed by atoms with van der Waals surface area (Å²) in [6.45, 7) is 9.44. The first-order valence-electron chi connectivity index (χ1n) is 11.8. The number of nitrogens with zero attached hydrogens (tertiary/aromatic N) is 1. The van der Waals surface area contributed by atoms with E-state index in [9.17, 15) is 9.59 Å². The maximum absolute atomic E-state index is 13.5. The highest BCUT2D eigenvalue weighted by Crippen LogP contribution is 2.40. The molecule has 2 atom stereocenters. The smallest absolute Gasteiger partial charge is 0.256 e. The van der Waals surface area contributed by atoms with Crippen molar-refractivity contribution in [2.75, 3.05) is 18.4 Å². The maximum Gasteiger partial charge on any atom is 0.256 e. The van der Waals surface area contributed by atoms with Crippen LogP contribution in [0.25, 0.3) is 22.8 Å². The Morgan fingerprint density at radius 3 is 2.41 bits per heavy atom. The number of amides is 2. The molecule has 1 saturated heterocycles. The number of benzene rings is 2. The molecule has 0 radical (unpaired) electrons. The Balaban J connectivity index is 1.55. The van der Waals surface area contributed by atoms with Gasteiger partial charge < -0.3 is 20.5 Å². The fourth-order valence-corrected chi connectivity index (χ4v) is 5.28. The number of aryl methyl sites for hydroxylation is 1. The third-order valence-electron chi connectivity index (χ3n) is 6.73. The summed E-state index contributed by atoms with van der Waals surface area (Å²) in [5, 5.41) is 6.48. The van der Waals surface area contributed by atoms with Gasteiger partial charge in [0.05, 0.1) is 11.1 Å². The Morgan fingerprint density at radius 1 is 1.00 bits per heavy atom. The number of aromatic nitrogens is 1. The van der Waals surface area contributed by atoms with Crippen LogP contribution in [-0.2, 0) is 4.79 Å². The maximum atomic E-state index is 13.5. The van der Waals surface area contributed by atoms with Gasteiger partial charge in [0.1, 0.15) is 0 Å². The fraction of sp³-hybridized carbons (Fsp3) is 0.286. The number of aromatic amines is 1. The SMILES string of the molecule is Cc1[nH]c(C=C2C(=O)Nc3cccc(-c4ccccc4)c32)c(C)c1C(=O)N1C[C@@H](C)N[C@@H](C)C1. The van der Waals surface area contributed by atoms with Gasteiger partial charge in [-0.2, -0.15) is 0 Å². The zero-order valence-corrected chi connectivity index (χ0v) is 20.0. The number of hydrogen-bond donors (Lipinski definition) is 3. The monoisotopic (exact) mass is 454 g/mol. The van der Waals surface area contributed by atoms with E-state index in [4.69, 9.17) is 0 Å². The normalized spacial score (nSPS) is 21.0. The average Bonchev–Trinajstić information content (AvgIpc) is 3.28. The first-order chi connectivity index (χ1) is 16.3. The van der Waals surface area contributed by atoms with Crippen molar-refractivity contribution >= 4 is 29.2 Å². The molecule has 6 nitrogen and oxygen atoms in total. The topological polar surface area (TPSA) is 77.2 Å². The van der Waals surface area contributed by atoms with Crippen LogP contribution in [0.5, 0.6) is 0 Å². The first-order valence-corrected chi connectivity index (χ1v) is 11.8. The molecule has 0 unspecified atom stereocenters. The van der Waals surface area contributed by atoms with Crippen molar-refractivity contribution in [2.45, 2.75) is 39.8 Å². The number of fused-ring (bicyclic) bond motifs is 1. The number of piperazine rings is 1. The molecule has 2 aliphatic heterocycles. The van der Waals surface area contributed by atoms with Crippen molar-refractivity contribution in [3.63, 3.8) is 0 Å². The van der Waals surface area contributed by atoms with Gasteiger partial charge in [-0.1, -0.05) is 42.5 Å². The van der Waals surface area contributed by atoms with Crippen LogP contribution in [0.3, 0.4) is 0 Å². The van der Waals surface area contributed by atoms with Crippen molar-refractivity contribution in [1.29, 1.82) is 0 Å². The Morgan fingerprint density at radius 2 is 1.71 bits per heavy atom. The minimum absolute atomic E-state index is 0.0392. The zero-order valence-electron chi connectivity index (χ0n) is 20.0.